The topological polar surface area (TPSA) is 73.8 Å². The van der Waals surface area contributed by atoms with Crippen molar-refractivity contribution in [2.45, 2.75) is 66.2 Å². The van der Waals surface area contributed by atoms with Crippen molar-refractivity contribution in [1.82, 2.24) is 9.58 Å². The van der Waals surface area contributed by atoms with Gasteiger partial charge in [0, 0.05) is 17.1 Å². The van der Waals surface area contributed by atoms with Crippen molar-refractivity contribution in [3.63, 3.8) is 0 Å². The van der Waals surface area contributed by atoms with Crippen molar-refractivity contribution in [1.29, 1.82) is 5.41 Å². The van der Waals surface area contributed by atoms with Gasteiger partial charge >= 0.3 is 0 Å². The van der Waals surface area contributed by atoms with E-state index in [1.807, 2.05) is 6.07 Å². The summed E-state index contributed by atoms with van der Waals surface area (Å²) in [6, 6.07) is 10.4. The second kappa shape index (κ2) is 9.91. The third-order valence-electron chi connectivity index (χ3n) is 6.12. The molecule has 0 saturated carbocycles. The number of nitrogens with one attached hydrogen (secondary N) is 1. The molecule has 0 atom stereocenters. The number of nitrogens with zero attached hydrogens (tertiary/aromatic N) is 4. The Morgan fingerprint density at radius 2 is 1.91 bits per heavy atom. The SMILES string of the molecule is CCCCCCC1=NN2C(=N)C(=Cc3cc(C)n(-c4ccccc4CC)c3C)C(=O)N=C2S1. The van der Waals surface area contributed by atoms with E-state index in [0.717, 1.165) is 46.9 Å². The van der Waals surface area contributed by atoms with Crippen LogP contribution in [0.15, 0.2) is 46.0 Å². The van der Waals surface area contributed by atoms with Crippen LogP contribution in [-0.2, 0) is 11.2 Å². The lowest BCUT2D eigenvalue weighted by atomic mass is 10.1. The number of amides is 1. The van der Waals surface area contributed by atoms with Gasteiger partial charge in [-0.25, -0.2) is 0 Å². The molecule has 0 saturated heterocycles. The summed E-state index contributed by atoms with van der Waals surface area (Å²) in [4.78, 5) is 17.1. The number of aryl methyl sites for hydroxylation is 2. The number of rotatable bonds is 8. The number of hydrogen-bond donors (Lipinski definition) is 1. The lowest BCUT2D eigenvalue weighted by Gasteiger charge is -2.20. The van der Waals surface area contributed by atoms with Crippen LogP contribution in [0.2, 0.25) is 0 Å². The van der Waals surface area contributed by atoms with Gasteiger partial charge in [0.25, 0.3) is 5.91 Å². The number of carbonyl (C=O) groups excluding carboxylic acids is 1. The van der Waals surface area contributed by atoms with Crippen molar-refractivity contribution < 1.29 is 4.79 Å². The molecular weight excluding hydrogens is 430 g/mol. The molecule has 0 unspecified atom stereocenters. The maximum absolute atomic E-state index is 12.8. The van der Waals surface area contributed by atoms with Crippen molar-refractivity contribution >= 4 is 39.8 Å². The molecule has 172 valence electrons. The number of aromatic nitrogens is 1. The number of amidine groups is 2. The van der Waals surface area contributed by atoms with Gasteiger partial charge in [-0.1, -0.05) is 51.3 Å². The summed E-state index contributed by atoms with van der Waals surface area (Å²) in [5.41, 5.74) is 5.73. The summed E-state index contributed by atoms with van der Waals surface area (Å²) in [5.74, 6) is -0.278. The Morgan fingerprint density at radius 3 is 2.67 bits per heavy atom. The number of aliphatic imine (C=N–C) groups is 1. The van der Waals surface area contributed by atoms with Gasteiger partial charge in [0.05, 0.1) is 5.57 Å². The van der Waals surface area contributed by atoms with E-state index in [1.165, 1.54) is 41.6 Å². The summed E-state index contributed by atoms with van der Waals surface area (Å²) in [7, 11) is 0. The first-order valence-electron chi connectivity index (χ1n) is 11.7. The Morgan fingerprint density at radius 1 is 1.12 bits per heavy atom. The lowest BCUT2D eigenvalue weighted by molar-refractivity contribution is -0.114. The van der Waals surface area contributed by atoms with Crippen LogP contribution in [0.5, 0.6) is 0 Å². The molecule has 2 aromatic rings. The fourth-order valence-corrected chi connectivity index (χ4v) is 5.25. The normalized spacial score (nSPS) is 17.0. The number of unbranched alkanes of at least 4 members (excludes halogenated alkanes) is 3. The summed E-state index contributed by atoms with van der Waals surface area (Å²) < 4.78 is 2.22. The van der Waals surface area contributed by atoms with Gasteiger partial charge in [-0.15, -0.1) is 0 Å². The van der Waals surface area contributed by atoms with Crippen LogP contribution in [0, 0.1) is 19.3 Å². The second-order valence-corrected chi connectivity index (χ2v) is 9.51. The Hall–Kier alpha value is -2.93. The van der Waals surface area contributed by atoms with Gasteiger partial charge in [0.15, 0.2) is 5.84 Å². The molecule has 1 amide bonds. The van der Waals surface area contributed by atoms with E-state index in [-0.39, 0.29) is 17.3 Å². The van der Waals surface area contributed by atoms with Crippen LogP contribution in [0.4, 0.5) is 0 Å². The van der Waals surface area contributed by atoms with Gasteiger partial charge in [0.1, 0.15) is 5.04 Å². The molecule has 2 aliphatic heterocycles. The lowest BCUT2D eigenvalue weighted by Crippen LogP contribution is -2.35. The fourth-order valence-electron chi connectivity index (χ4n) is 4.32. The van der Waals surface area contributed by atoms with E-state index in [4.69, 9.17) is 5.41 Å². The molecule has 0 aliphatic carbocycles. The minimum absolute atomic E-state index is 0.0971. The molecule has 33 heavy (non-hydrogen) atoms. The minimum atomic E-state index is -0.375. The number of para-hydroxylation sites is 1. The summed E-state index contributed by atoms with van der Waals surface area (Å²) in [5, 5.41) is 16.2. The number of carbonyl (C=O) groups is 1. The first-order chi connectivity index (χ1) is 15.9. The third kappa shape index (κ3) is 4.60. The maximum Gasteiger partial charge on any atom is 0.283 e. The highest BCUT2D eigenvalue weighted by Crippen LogP contribution is 2.31. The van der Waals surface area contributed by atoms with Crippen LogP contribution in [0.3, 0.4) is 0 Å². The molecule has 4 rings (SSSR count). The summed E-state index contributed by atoms with van der Waals surface area (Å²) >= 11 is 1.41. The largest absolute Gasteiger partial charge is 0.318 e. The van der Waals surface area contributed by atoms with Crippen molar-refractivity contribution in [2.24, 2.45) is 10.1 Å². The smallest absolute Gasteiger partial charge is 0.283 e. The second-order valence-electron chi connectivity index (χ2n) is 8.47. The summed E-state index contributed by atoms with van der Waals surface area (Å²) in [6.07, 6.45) is 8.23. The van der Waals surface area contributed by atoms with Gasteiger partial charge in [-0.2, -0.15) is 15.1 Å². The summed E-state index contributed by atoms with van der Waals surface area (Å²) in [6.45, 7) is 8.46. The standard InChI is InChI=1S/C26H31N5OS/c1-5-7-8-9-14-23-29-31-24(27)21(25(32)28-26(31)33-23)16-20-15-17(3)30(18(20)4)22-13-11-10-12-19(22)6-2/h10-13,15-16,27H,5-9,14H2,1-4H3. The van der Waals surface area contributed by atoms with Gasteiger partial charge in [-0.3, -0.25) is 10.2 Å². The van der Waals surface area contributed by atoms with Crippen LogP contribution in [0.25, 0.3) is 11.8 Å². The Bertz CT molecular complexity index is 1190. The zero-order valence-electron chi connectivity index (χ0n) is 19.8. The van der Waals surface area contributed by atoms with Crippen molar-refractivity contribution in [3.05, 3.63) is 58.4 Å². The fraction of sp³-hybridized carbons (Fsp3) is 0.385. The quantitative estimate of drug-likeness (QED) is 0.373. The molecule has 2 aliphatic rings. The number of hydrogen-bond acceptors (Lipinski definition) is 4. The highest BCUT2D eigenvalue weighted by molar-refractivity contribution is 8.26. The van der Waals surface area contributed by atoms with E-state index in [1.54, 1.807) is 6.08 Å². The van der Waals surface area contributed by atoms with E-state index in [9.17, 15) is 4.79 Å². The van der Waals surface area contributed by atoms with E-state index in [2.05, 4.69) is 66.6 Å². The van der Waals surface area contributed by atoms with Crippen LogP contribution in [-0.4, -0.2) is 31.5 Å². The zero-order valence-corrected chi connectivity index (χ0v) is 20.6. The Kier molecular flexibility index (Phi) is 6.98. The average molecular weight is 462 g/mol. The molecule has 0 radical (unpaired) electrons. The molecule has 6 nitrogen and oxygen atoms in total. The van der Waals surface area contributed by atoms with Crippen LogP contribution < -0.4 is 0 Å². The molecule has 1 aromatic heterocycles. The molecule has 1 N–H and O–H groups in total. The van der Waals surface area contributed by atoms with Crippen molar-refractivity contribution in [3.8, 4) is 5.69 Å². The third-order valence-corrected chi connectivity index (χ3v) is 7.09. The molecule has 1 aromatic carbocycles. The van der Waals surface area contributed by atoms with Crippen LogP contribution in [0.1, 0.15) is 68.5 Å². The molecule has 3 heterocycles. The first-order valence-corrected chi connectivity index (χ1v) is 12.5. The zero-order chi connectivity index (χ0) is 23.5. The van der Waals surface area contributed by atoms with Gasteiger partial charge < -0.3 is 4.57 Å². The first kappa shape index (κ1) is 23.2. The highest BCUT2D eigenvalue weighted by atomic mass is 32.2. The molecule has 0 bridgehead atoms. The minimum Gasteiger partial charge on any atom is -0.318 e. The molecule has 7 heteroatoms. The van der Waals surface area contributed by atoms with E-state index >= 15 is 0 Å². The van der Waals surface area contributed by atoms with Crippen LogP contribution >= 0.6 is 11.8 Å². The van der Waals surface area contributed by atoms with Gasteiger partial charge in [-0.05, 0) is 74.2 Å². The number of thioether (sulfide) groups is 1. The number of benzene rings is 1. The highest BCUT2D eigenvalue weighted by Gasteiger charge is 2.35. The predicted molar refractivity (Wildman–Crippen MR) is 138 cm³/mol. The maximum atomic E-state index is 12.8. The Labute approximate surface area is 200 Å². The van der Waals surface area contributed by atoms with Crippen molar-refractivity contribution in [2.75, 3.05) is 0 Å². The predicted octanol–water partition coefficient (Wildman–Crippen LogP) is 6.25. The monoisotopic (exact) mass is 461 g/mol. The average Bonchev–Trinajstić information content (AvgIpc) is 3.33. The van der Waals surface area contributed by atoms with Gasteiger partial charge in [0.2, 0.25) is 5.17 Å². The number of fused-ring (bicyclic) bond motifs is 1. The number of hydrazone groups is 1. The molecule has 0 fully saturated rings. The molecule has 0 spiro atoms. The van der Waals surface area contributed by atoms with E-state index in [0.29, 0.717) is 5.17 Å². The Balaban J connectivity index is 1.62. The molecular formula is C26H31N5OS. The van der Waals surface area contributed by atoms with E-state index < -0.39 is 0 Å².